The molecule has 0 saturated carbocycles. The molecule has 1 fully saturated rings. The van der Waals surface area contributed by atoms with Crippen LogP contribution >= 0.6 is 15.9 Å². The second-order valence-corrected chi connectivity index (χ2v) is 5.02. The molecule has 0 aliphatic carbocycles. The van der Waals surface area contributed by atoms with Crippen LogP contribution in [0, 0.1) is 0 Å². The summed E-state index contributed by atoms with van der Waals surface area (Å²) in [7, 11) is 0. The van der Waals surface area contributed by atoms with Crippen LogP contribution < -0.4 is 0 Å². The molecule has 1 saturated heterocycles. The van der Waals surface area contributed by atoms with Crippen molar-refractivity contribution in [2.24, 2.45) is 0 Å². The summed E-state index contributed by atoms with van der Waals surface area (Å²) in [4.78, 5) is 13.8. The Hall–Kier alpha value is -0.670. The van der Waals surface area contributed by atoms with Crippen molar-refractivity contribution in [1.29, 1.82) is 0 Å². The fourth-order valence-electron chi connectivity index (χ4n) is 1.83. The standard InChI is InChI=1S/C12H14BrNO/c13-11-6-7-14(9-12(11)15)8-10-4-2-1-3-5-10/h1-5,11H,6-9H2. The Bertz CT molecular complexity index is 339. The van der Waals surface area contributed by atoms with Crippen molar-refractivity contribution in [3.05, 3.63) is 35.9 Å². The minimum atomic E-state index is 0.0736. The number of nitrogens with zero attached hydrogens (tertiary/aromatic N) is 1. The van der Waals surface area contributed by atoms with Gasteiger partial charge in [0.2, 0.25) is 0 Å². The zero-order valence-corrected chi connectivity index (χ0v) is 10.1. The summed E-state index contributed by atoms with van der Waals surface area (Å²) in [5.74, 6) is 0.303. The van der Waals surface area contributed by atoms with Gasteiger partial charge in [-0.15, -0.1) is 0 Å². The number of carbonyl (C=O) groups excluding carboxylic acids is 1. The molecule has 0 N–H and O–H groups in total. The average Bonchev–Trinajstić information content (AvgIpc) is 2.25. The molecule has 1 aliphatic heterocycles. The van der Waals surface area contributed by atoms with Crippen molar-refractivity contribution < 1.29 is 4.79 Å². The third-order valence-electron chi connectivity index (χ3n) is 2.68. The van der Waals surface area contributed by atoms with Crippen LogP contribution in [0.3, 0.4) is 0 Å². The first-order chi connectivity index (χ1) is 7.25. The van der Waals surface area contributed by atoms with Crippen LogP contribution in [0.1, 0.15) is 12.0 Å². The summed E-state index contributed by atoms with van der Waals surface area (Å²) >= 11 is 3.39. The SMILES string of the molecule is O=C1CN(Cc2ccccc2)CCC1Br. The van der Waals surface area contributed by atoms with Gasteiger partial charge >= 0.3 is 0 Å². The van der Waals surface area contributed by atoms with E-state index in [0.29, 0.717) is 12.3 Å². The first-order valence-electron chi connectivity index (χ1n) is 5.19. The molecule has 15 heavy (non-hydrogen) atoms. The molecule has 1 aromatic carbocycles. The van der Waals surface area contributed by atoms with Gasteiger partial charge in [0.15, 0.2) is 5.78 Å². The fourth-order valence-corrected chi connectivity index (χ4v) is 2.18. The zero-order valence-electron chi connectivity index (χ0n) is 8.53. The van der Waals surface area contributed by atoms with Gasteiger partial charge < -0.3 is 0 Å². The molecule has 1 heterocycles. The van der Waals surface area contributed by atoms with E-state index < -0.39 is 0 Å². The van der Waals surface area contributed by atoms with Gasteiger partial charge in [0, 0.05) is 13.1 Å². The molecule has 0 bridgehead atoms. The number of alkyl halides is 1. The first-order valence-corrected chi connectivity index (χ1v) is 6.10. The number of halogens is 1. The normalized spacial score (nSPS) is 23.0. The van der Waals surface area contributed by atoms with Crippen LogP contribution in [0.15, 0.2) is 30.3 Å². The van der Waals surface area contributed by atoms with Gasteiger partial charge in [-0.05, 0) is 12.0 Å². The molecule has 1 aromatic rings. The van der Waals surface area contributed by atoms with E-state index in [2.05, 4.69) is 33.0 Å². The van der Waals surface area contributed by atoms with Gasteiger partial charge in [-0.25, -0.2) is 0 Å². The van der Waals surface area contributed by atoms with Gasteiger partial charge in [0.05, 0.1) is 11.4 Å². The highest BCUT2D eigenvalue weighted by Gasteiger charge is 2.24. The topological polar surface area (TPSA) is 20.3 Å². The molecule has 0 aromatic heterocycles. The molecule has 1 aliphatic rings. The maximum absolute atomic E-state index is 11.5. The highest BCUT2D eigenvalue weighted by atomic mass is 79.9. The maximum Gasteiger partial charge on any atom is 0.160 e. The van der Waals surface area contributed by atoms with Crippen LogP contribution in [0.25, 0.3) is 0 Å². The second kappa shape index (κ2) is 4.90. The molecule has 0 radical (unpaired) electrons. The van der Waals surface area contributed by atoms with E-state index in [1.807, 2.05) is 18.2 Å². The predicted molar refractivity (Wildman–Crippen MR) is 64.1 cm³/mol. The monoisotopic (exact) mass is 267 g/mol. The van der Waals surface area contributed by atoms with Crippen molar-refractivity contribution in [3.8, 4) is 0 Å². The lowest BCUT2D eigenvalue weighted by molar-refractivity contribution is -0.121. The number of benzene rings is 1. The highest BCUT2D eigenvalue weighted by Crippen LogP contribution is 2.16. The van der Waals surface area contributed by atoms with Crippen LogP contribution in [0.2, 0.25) is 0 Å². The van der Waals surface area contributed by atoms with E-state index in [0.717, 1.165) is 19.5 Å². The Labute approximate surface area is 98.4 Å². The number of piperidine rings is 1. The summed E-state index contributed by atoms with van der Waals surface area (Å²) < 4.78 is 0. The Morgan fingerprint density at radius 1 is 1.33 bits per heavy atom. The highest BCUT2D eigenvalue weighted by molar-refractivity contribution is 9.10. The van der Waals surface area contributed by atoms with E-state index in [1.54, 1.807) is 0 Å². The number of ketones is 1. The smallest absolute Gasteiger partial charge is 0.160 e. The van der Waals surface area contributed by atoms with Gasteiger partial charge in [0.1, 0.15) is 0 Å². The third kappa shape index (κ3) is 2.89. The van der Waals surface area contributed by atoms with E-state index >= 15 is 0 Å². The van der Waals surface area contributed by atoms with Gasteiger partial charge in [-0.3, -0.25) is 9.69 Å². The molecule has 3 heteroatoms. The summed E-state index contributed by atoms with van der Waals surface area (Å²) in [5, 5.41) is 0. The van der Waals surface area contributed by atoms with Crippen LogP contribution in [0.5, 0.6) is 0 Å². The van der Waals surface area contributed by atoms with E-state index in [1.165, 1.54) is 5.56 Å². The Balaban J connectivity index is 1.94. The summed E-state index contributed by atoms with van der Waals surface area (Å²) in [6, 6.07) is 10.3. The average molecular weight is 268 g/mol. The van der Waals surface area contributed by atoms with Crippen molar-refractivity contribution in [2.45, 2.75) is 17.8 Å². The molecule has 1 unspecified atom stereocenters. The molecule has 1 atom stereocenters. The summed E-state index contributed by atoms with van der Waals surface area (Å²) in [5.41, 5.74) is 1.28. The minimum Gasteiger partial charge on any atom is -0.297 e. The van der Waals surface area contributed by atoms with Crippen LogP contribution in [0.4, 0.5) is 0 Å². The molecular weight excluding hydrogens is 254 g/mol. The van der Waals surface area contributed by atoms with E-state index in [9.17, 15) is 4.79 Å². The molecule has 0 spiro atoms. The summed E-state index contributed by atoms with van der Waals surface area (Å²) in [6.45, 7) is 2.45. The number of Topliss-reactive ketones (excluding diaryl/α,β-unsaturated/α-hetero) is 1. The summed E-state index contributed by atoms with van der Waals surface area (Å²) in [6.07, 6.45) is 0.922. The number of carbonyl (C=O) groups is 1. The van der Waals surface area contributed by atoms with Crippen LogP contribution in [-0.2, 0) is 11.3 Å². The molecule has 0 amide bonds. The number of rotatable bonds is 2. The molecular formula is C12H14BrNO. The van der Waals surface area contributed by atoms with Crippen molar-refractivity contribution in [2.75, 3.05) is 13.1 Å². The lowest BCUT2D eigenvalue weighted by atomic mass is 10.1. The number of likely N-dealkylation sites (tertiary alicyclic amines) is 1. The van der Waals surface area contributed by atoms with Crippen LogP contribution in [-0.4, -0.2) is 28.6 Å². The number of hydrogen-bond donors (Lipinski definition) is 0. The van der Waals surface area contributed by atoms with Crippen molar-refractivity contribution in [3.63, 3.8) is 0 Å². The Morgan fingerprint density at radius 3 is 2.73 bits per heavy atom. The number of hydrogen-bond acceptors (Lipinski definition) is 2. The van der Waals surface area contributed by atoms with E-state index in [4.69, 9.17) is 0 Å². The molecule has 80 valence electrons. The lowest BCUT2D eigenvalue weighted by Crippen LogP contribution is -2.40. The Kier molecular flexibility index (Phi) is 3.54. The quantitative estimate of drug-likeness (QED) is 0.766. The third-order valence-corrected chi connectivity index (χ3v) is 3.65. The first kappa shape index (κ1) is 10.8. The van der Waals surface area contributed by atoms with E-state index in [-0.39, 0.29) is 4.83 Å². The lowest BCUT2D eigenvalue weighted by Gasteiger charge is -2.28. The maximum atomic E-state index is 11.5. The molecule has 2 rings (SSSR count). The van der Waals surface area contributed by atoms with Crippen molar-refractivity contribution in [1.82, 2.24) is 4.90 Å². The minimum absolute atomic E-state index is 0.0736. The Morgan fingerprint density at radius 2 is 2.07 bits per heavy atom. The van der Waals surface area contributed by atoms with Gasteiger partial charge in [-0.1, -0.05) is 46.3 Å². The zero-order chi connectivity index (χ0) is 10.7. The molecule has 2 nitrogen and oxygen atoms in total. The fraction of sp³-hybridized carbons (Fsp3) is 0.417. The second-order valence-electron chi connectivity index (χ2n) is 3.92. The van der Waals surface area contributed by atoms with Gasteiger partial charge in [0.25, 0.3) is 0 Å². The van der Waals surface area contributed by atoms with Crippen molar-refractivity contribution >= 4 is 21.7 Å². The van der Waals surface area contributed by atoms with Gasteiger partial charge in [-0.2, -0.15) is 0 Å². The predicted octanol–water partition coefficient (Wildman–Crippen LogP) is 2.22. The largest absolute Gasteiger partial charge is 0.297 e.